The van der Waals surface area contributed by atoms with E-state index >= 15 is 0 Å². The van der Waals surface area contributed by atoms with E-state index in [1.807, 2.05) is 16.4 Å². The summed E-state index contributed by atoms with van der Waals surface area (Å²) >= 11 is 0. The minimum absolute atomic E-state index is 0.310. The second-order valence-electron chi connectivity index (χ2n) is 6.43. The first-order chi connectivity index (χ1) is 11.7. The maximum absolute atomic E-state index is 5.60. The number of ether oxygens (including phenoxy) is 1. The molecular weight excluding hydrogens is 306 g/mol. The highest BCUT2D eigenvalue weighted by molar-refractivity contribution is 5.35. The molecule has 1 fully saturated rings. The number of methoxy groups -OCH3 is 1. The van der Waals surface area contributed by atoms with Crippen molar-refractivity contribution in [2.45, 2.75) is 58.7 Å². The summed E-state index contributed by atoms with van der Waals surface area (Å²) < 4.78 is 9.36. The molecule has 0 N–H and O–H groups in total. The number of nitrogens with zero attached hydrogens (tertiary/aromatic N) is 7. The highest BCUT2D eigenvalue weighted by Gasteiger charge is 2.33. The molecule has 3 rings (SSSR count). The van der Waals surface area contributed by atoms with Crippen LogP contribution >= 0.6 is 0 Å². The third-order valence-electron chi connectivity index (χ3n) is 4.78. The van der Waals surface area contributed by atoms with Crippen molar-refractivity contribution >= 4 is 0 Å². The standard InChI is InChI=1S/C16H27N7O/c1-5-6-10-23-14(17-19-20-23)11-22-9-7-8-13(22)15-12(2)18-21(3)16(15)24-4/h13H,5-11H2,1-4H3/t13-/m1/s1. The van der Waals surface area contributed by atoms with Crippen LogP contribution in [0.2, 0.25) is 0 Å². The van der Waals surface area contributed by atoms with Gasteiger partial charge in [0.2, 0.25) is 5.88 Å². The third-order valence-corrected chi connectivity index (χ3v) is 4.78. The van der Waals surface area contributed by atoms with Crippen LogP contribution in [0, 0.1) is 6.92 Å². The molecule has 0 bridgehead atoms. The molecule has 1 atom stereocenters. The van der Waals surface area contributed by atoms with Gasteiger partial charge in [-0.2, -0.15) is 5.10 Å². The molecule has 0 unspecified atom stereocenters. The van der Waals surface area contributed by atoms with Gasteiger partial charge in [0, 0.05) is 19.6 Å². The van der Waals surface area contributed by atoms with Crippen LogP contribution in [0.15, 0.2) is 0 Å². The van der Waals surface area contributed by atoms with Crippen molar-refractivity contribution in [2.75, 3.05) is 13.7 Å². The first-order valence-electron chi connectivity index (χ1n) is 8.72. The molecule has 0 spiro atoms. The summed E-state index contributed by atoms with van der Waals surface area (Å²) in [5, 5.41) is 16.8. The van der Waals surface area contributed by atoms with Gasteiger partial charge < -0.3 is 4.74 Å². The minimum Gasteiger partial charge on any atom is -0.481 e. The summed E-state index contributed by atoms with van der Waals surface area (Å²) in [5.74, 6) is 1.80. The van der Waals surface area contributed by atoms with Gasteiger partial charge in [0.05, 0.1) is 24.9 Å². The van der Waals surface area contributed by atoms with Crippen LogP contribution in [-0.2, 0) is 20.1 Å². The molecule has 8 heteroatoms. The molecule has 2 aromatic heterocycles. The van der Waals surface area contributed by atoms with Gasteiger partial charge in [0.1, 0.15) is 0 Å². The Bertz CT molecular complexity index is 678. The largest absolute Gasteiger partial charge is 0.481 e. The van der Waals surface area contributed by atoms with Crippen LogP contribution in [0.4, 0.5) is 0 Å². The maximum atomic E-state index is 5.60. The second-order valence-corrected chi connectivity index (χ2v) is 6.43. The van der Waals surface area contributed by atoms with Crippen LogP contribution in [0.25, 0.3) is 0 Å². The van der Waals surface area contributed by atoms with Crippen molar-refractivity contribution in [2.24, 2.45) is 7.05 Å². The van der Waals surface area contributed by atoms with E-state index < -0.39 is 0 Å². The number of rotatable bonds is 7. The summed E-state index contributed by atoms with van der Waals surface area (Å²) in [6.07, 6.45) is 4.51. The zero-order valence-electron chi connectivity index (χ0n) is 15.1. The summed E-state index contributed by atoms with van der Waals surface area (Å²) in [6, 6.07) is 0.310. The Hall–Kier alpha value is -1.96. The van der Waals surface area contributed by atoms with Gasteiger partial charge in [-0.05, 0) is 43.2 Å². The molecule has 0 radical (unpaired) electrons. The highest BCUT2D eigenvalue weighted by atomic mass is 16.5. The minimum atomic E-state index is 0.310. The van der Waals surface area contributed by atoms with Gasteiger partial charge in [-0.25, -0.2) is 9.36 Å². The van der Waals surface area contributed by atoms with Crippen molar-refractivity contribution in [1.29, 1.82) is 0 Å². The molecule has 3 heterocycles. The Balaban J connectivity index is 1.81. The van der Waals surface area contributed by atoms with Gasteiger partial charge in [-0.15, -0.1) is 5.10 Å². The van der Waals surface area contributed by atoms with E-state index in [9.17, 15) is 0 Å². The third kappa shape index (κ3) is 3.15. The van der Waals surface area contributed by atoms with Gasteiger partial charge in [-0.3, -0.25) is 4.90 Å². The van der Waals surface area contributed by atoms with E-state index in [-0.39, 0.29) is 0 Å². The van der Waals surface area contributed by atoms with Crippen LogP contribution in [0.3, 0.4) is 0 Å². The summed E-state index contributed by atoms with van der Waals surface area (Å²) in [7, 11) is 3.64. The van der Waals surface area contributed by atoms with Gasteiger partial charge in [-0.1, -0.05) is 13.3 Å². The predicted octanol–water partition coefficient (Wildman–Crippen LogP) is 1.86. The fourth-order valence-corrected chi connectivity index (χ4v) is 3.62. The Kier molecular flexibility index (Phi) is 5.13. The van der Waals surface area contributed by atoms with E-state index in [4.69, 9.17) is 4.74 Å². The second kappa shape index (κ2) is 7.29. The molecule has 132 valence electrons. The molecule has 1 aliphatic heterocycles. The topological polar surface area (TPSA) is 73.9 Å². The van der Waals surface area contributed by atoms with Crippen LogP contribution in [0.5, 0.6) is 5.88 Å². The Morgan fingerprint density at radius 1 is 1.33 bits per heavy atom. The molecular formula is C16H27N7O. The van der Waals surface area contributed by atoms with Crippen molar-refractivity contribution in [1.82, 2.24) is 34.9 Å². The number of hydrogen-bond acceptors (Lipinski definition) is 6. The number of aromatic nitrogens is 6. The lowest BCUT2D eigenvalue weighted by Gasteiger charge is -2.24. The number of likely N-dealkylation sites (tertiary alicyclic amines) is 1. The summed E-state index contributed by atoms with van der Waals surface area (Å²) in [4.78, 5) is 2.45. The summed E-state index contributed by atoms with van der Waals surface area (Å²) in [6.45, 7) is 6.92. The predicted molar refractivity (Wildman–Crippen MR) is 89.6 cm³/mol. The normalized spacial score (nSPS) is 18.4. The fraction of sp³-hybridized carbons (Fsp3) is 0.750. The number of aryl methyl sites for hydroxylation is 3. The lowest BCUT2D eigenvalue weighted by Crippen LogP contribution is -2.25. The van der Waals surface area contributed by atoms with Crippen molar-refractivity contribution in [3.05, 3.63) is 17.1 Å². The summed E-state index contributed by atoms with van der Waals surface area (Å²) in [5.41, 5.74) is 2.24. The van der Waals surface area contributed by atoms with E-state index in [1.165, 1.54) is 12.0 Å². The van der Waals surface area contributed by atoms with Gasteiger partial charge in [0.25, 0.3) is 0 Å². The first-order valence-corrected chi connectivity index (χ1v) is 8.72. The fourth-order valence-electron chi connectivity index (χ4n) is 3.62. The van der Waals surface area contributed by atoms with Crippen LogP contribution in [-0.4, -0.2) is 48.5 Å². The van der Waals surface area contributed by atoms with Crippen molar-refractivity contribution < 1.29 is 4.74 Å². The van der Waals surface area contributed by atoms with Crippen LogP contribution in [0.1, 0.15) is 55.7 Å². The van der Waals surface area contributed by atoms with E-state index in [1.54, 1.807) is 7.11 Å². The average Bonchev–Trinajstić information content (AvgIpc) is 3.25. The molecule has 0 aromatic carbocycles. The van der Waals surface area contributed by atoms with E-state index in [0.717, 1.165) is 56.3 Å². The van der Waals surface area contributed by atoms with E-state index in [2.05, 4.69) is 39.4 Å². The number of tetrazole rings is 1. The first kappa shape index (κ1) is 16.9. The maximum Gasteiger partial charge on any atom is 0.216 e. The SMILES string of the molecule is CCCCn1nnnc1CN1CCC[C@@H]1c1c(C)nn(C)c1OC. The molecule has 1 saturated heterocycles. The van der Waals surface area contributed by atoms with Crippen LogP contribution < -0.4 is 4.74 Å². The molecule has 0 aliphatic carbocycles. The quantitative estimate of drug-likeness (QED) is 0.770. The lowest BCUT2D eigenvalue weighted by molar-refractivity contribution is 0.230. The van der Waals surface area contributed by atoms with Gasteiger partial charge in [0.15, 0.2) is 5.82 Å². The van der Waals surface area contributed by atoms with Crippen molar-refractivity contribution in [3.8, 4) is 5.88 Å². The number of hydrogen-bond donors (Lipinski definition) is 0. The molecule has 24 heavy (non-hydrogen) atoms. The Morgan fingerprint density at radius 2 is 2.17 bits per heavy atom. The molecule has 0 amide bonds. The zero-order chi connectivity index (χ0) is 17.1. The molecule has 8 nitrogen and oxygen atoms in total. The average molecular weight is 333 g/mol. The molecule has 1 aliphatic rings. The smallest absolute Gasteiger partial charge is 0.216 e. The molecule has 0 saturated carbocycles. The monoisotopic (exact) mass is 333 g/mol. The Morgan fingerprint density at radius 3 is 2.92 bits per heavy atom. The number of unbranched alkanes of at least 4 members (excludes halogenated alkanes) is 1. The van der Waals surface area contributed by atoms with Crippen molar-refractivity contribution in [3.63, 3.8) is 0 Å². The molecule has 2 aromatic rings. The Labute approximate surface area is 142 Å². The zero-order valence-corrected chi connectivity index (χ0v) is 15.1. The van der Waals surface area contributed by atoms with E-state index in [0.29, 0.717) is 6.04 Å². The highest BCUT2D eigenvalue weighted by Crippen LogP contribution is 2.39. The van der Waals surface area contributed by atoms with Gasteiger partial charge >= 0.3 is 0 Å². The lowest BCUT2D eigenvalue weighted by atomic mass is 10.1.